The summed E-state index contributed by atoms with van der Waals surface area (Å²) in [6, 6.07) is 11.1. The summed E-state index contributed by atoms with van der Waals surface area (Å²) >= 11 is 3.37. The largest absolute Gasteiger partial charge is 0.503 e. The maximum Gasteiger partial charge on any atom is 0.244 e. The highest BCUT2D eigenvalue weighted by molar-refractivity contribution is 9.10. The highest BCUT2D eigenvalue weighted by Crippen LogP contribution is 2.49. The molecule has 0 radical (unpaired) electrons. The van der Waals surface area contributed by atoms with E-state index < -0.39 is 5.92 Å². The fourth-order valence-electron chi connectivity index (χ4n) is 3.88. The van der Waals surface area contributed by atoms with Crippen LogP contribution in [-0.4, -0.2) is 28.7 Å². The van der Waals surface area contributed by atoms with Gasteiger partial charge in [0.2, 0.25) is 18.6 Å². The van der Waals surface area contributed by atoms with Crippen LogP contribution in [0.5, 0.6) is 28.9 Å². The van der Waals surface area contributed by atoms with Crippen LogP contribution >= 0.6 is 15.9 Å². The Bertz CT molecular complexity index is 1310. The summed E-state index contributed by atoms with van der Waals surface area (Å²) in [7, 11) is 0. The fourth-order valence-corrected chi connectivity index (χ4v) is 4.34. The number of H-pyrrole nitrogens is 1. The lowest BCUT2D eigenvalue weighted by Gasteiger charge is -2.25. The molecule has 1 aromatic heterocycles. The summed E-state index contributed by atoms with van der Waals surface area (Å²) in [6.45, 7) is 2.34. The number of hydrogen-bond acceptors (Lipinski definition) is 8. The Morgan fingerprint density at radius 1 is 1.31 bits per heavy atom. The summed E-state index contributed by atoms with van der Waals surface area (Å²) in [6.07, 6.45) is 0. The Labute approximate surface area is 191 Å². The Morgan fingerprint density at radius 3 is 2.91 bits per heavy atom. The van der Waals surface area contributed by atoms with E-state index in [-0.39, 0.29) is 35.6 Å². The molecule has 0 spiro atoms. The maximum absolute atomic E-state index is 10.4. The van der Waals surface area contributed by atoms with Crippen molar-refractivity contribution in [2.75, 3.05) is 13.4 Å². The van der Waals surface area contributed by atoms with Crippen molar-refractivity contribution in [3.05, 3.63) is 57.4 Å². The van der Waals surface area contributed by atoms with E-state index in [4.69, 9.17) is 24.7 Å². The minimum Gasteiger partial charge on any atom is -0.503 e. The normalized spacial score (nSPS) is 16.3. The van der Waals surface area contributed by atoms with Crippen LogP contribution in [0.3, 0.4) is 0 Å². The van der Waals surface area contributed by atoms with Crippen LogP contribution in [0.15, 0.2) is 46.3 Å². The molecule has 1 atom stereocenters. The summed E-state index contributed by atoms with van der Waals surface area (Å²) < 4.78 is 22.6. The molecule has 0 saturated carbocycles. The minimum absolute atomic E-state index is 0.0264. The average molecular weight is 497 g/mol. The number of halogens is 1. The molecule has 0 amide bonds. The van der Waals surface area contributed by atoms with E-state index in [9.17, 15) is 10.4 Å². The molecule has 0 unspecified atom stereocenters. The van der Waals surface area contributed by atoms with E-state index in [0.717, 1.165) is 5.56 Å². The molecule has 2 aliphatic heterocycles. The lowest BCUT2D eigenvalue weighted by atomic mass is 9.83. The number of phenols is 1. The number of rotatable bonds is 4. The number of hydrogen-bond donors (Lipinski definition) is 3. The number of nitriles is 1. The molecule has 0 aliphatic carbocycles. The Hall–Kier alpha value is -3.84. The van der Waals surface area contributed by atoms with Gasteiger partial charge in [0, 0.05) is 5.56 Å². The van der Waals surface area contributed by atoms with Gasteiger partial charge in [-0.15, -0.1) is 5.10 Å². The van der Waals surface area contributed by atoms with Gasteiger partial charge in [0.15, 0.2) is 23.0 Å². The second-order valence-corrected chi connectivity index (χ2v) is 7.95. The quantitative estimate of drug-likeness (QED) is 0.494. The van der Waals surface area contributed by atoms with E-state index in [1.807, 2.05) is 25.1 Å². The van der Waals surface area contributed by atoms with Crippen molar-refractivity contribution in [3.63, 3.8) is 0 Å². The minimum atomic E-state index is -0.612. The molecule has 10 heteroatoms. The first-order chi connectivity index (χ1) is 15.5. The molecule has 9 nitrogen and oxygen atoms in total. The van der Waals surface area contributed by atoms with Gasteiger partial charge in [-0.25, -0.2) is 0 Å². The van der Waals surface area contributed by atoms with Gasteiger partial charge in [0.05, 0.1) is 28.3 Å². The zero-order chi connectivity index (χ0) is 22.4. The molecule has 4 N–H and O–H groups in total. The van der Waals surface area contributed by atoms with Crippen LogP contribution in [0.1, 0.15) is 24.0 Å². The van der Waals surface area contributed by atoms with Crippen molar-refractivity contribution >= 4 is 15.9 Å². The number of allylic oxidation sites excluding steroid dienone is 1. The third-order valence-electron chi connectivity index (χ3n) is 5.28. The highest BCUT2D eigenvalue weighted by Gasteiger charge is 2.36. The number of nitrogens with one attached hydrogen (secondary N) is 1. The zero-order valence-corrected chi connectivity index (χ0v) is 18.4. The third-order valence-corrected chi connectivity index (χ3v) is 5.89. The van der Waals surface area contributed by atoms with Crippen LogP contribution < -0.4 is 24.7 Å². The molecule has 3 aromatic rings. The van der Waals surface area contributed by atoms with Gasteiger partial charge in [-0.3, -0.25) is 5.10 Å². The number of fused-ring (bicyclic) bond motifs is 2. The van der Waals surface area contributed by atoms with Crippen molar-refractivity contribution in [2.45, 2.75) is 12.8 Å². The lowest BCUT2D eigenvalue weighted by molar-refractivity contribution is 0.174. The molecule has 0 fully saturated rings. The second kappa shape index (κ2) is 7.69. The number of phenolic OH excluding ortho intramolecular Hbond substituents is 1. The Balaban J connectivity index is 1.71. The number of nitrogens with two attached hydrogens (primary N) is 1. The SMILES string of the molecule is CCOc1cc([C@@H]2C(C#N)=C(N)Oc3n[nH]c(-c4ccc5c(c4)OCO5)c32)cc(Br)c1O. The first-order valence-corrected chi connectivity index (χ1v) is 10.5. The smallest absolute Gasteiger partial charge is 0.244 e. The number of ether oxygens (including phenoxy) is 4. The third kappa shape index (κ3) is 3.09. The van der Waals surface area contributed by atoms with Crippen LogP contribution in [0.25, 0.3) is 11.3 Å². The first-order valence-electron chi connectivity index (χ1n) is 9.72. The molecule has 2 aromatic carbocycles. The van der Waals surface area contributed by atoms with Crippen molar-refractivity contribution in [2.24, 2.45) is 5.73 Å². The fraction of sp³-hybridized carbons (Fsp3) is 0.182. The van der Waals surface area contributed by atoms with E-state index >= 15 is 0 Å². The average Bonchev–Trinajstić information content (AvgIpc) is 3.42. The molecular weight excluding hydrogens is 480 g/mol. The number of benzene rings is 2. The Kier molecular flexibility index (Phi) is 4.83. The molecule has 32 heavy (non-hydrogen) atoms. The lowest BCUT2D eigenvalue weighted by Crippen LogP contribution is -2.21. The first kappa shape index (κ1) is 20.1. The topological polar surface area (TPSA) is 136 Å². The summed E-state index contributed by atoms with van der Waals surface area (Å²) in [4.78, 5) is 0. The van der Waals surface area contributed by atoms with Crippen molar-refractivity contribution < 1.29 is 24.1 Å². The van der Waals surface area contributed by atoms with E-state index in [2.05, 4.69) is 32.2 Å². The predicted octanol–water partition coefficient (Wildman–Crippen LogP) is 3.89. The number of aromatic amines is 1. The number of aromatic nitrogens is 2. The van der Waals surface area contributed by atoms with E-state index in [0.29, 0.717) is 39.4 Å². The van der Waals surface area contributed by atoms with Crippen molar-refractivity contribution in [1.82, 2.24) is 10.2 Å². The van der Waals surface area contributed by atoms with Gasteiger partial charge in [-0.2, -0.15) is 5.26 Å². The van der Waals surface area contributed by atoms with Crippen molar-refractivity contribution in [1.29, 1.82) is 5.26 Å². The van der Waals surface area contributed by atoms with Crippen LogP contribution in [0.4, 0.5) is 0 Å². The van der Waals surface area contributed by atoms with Gasteiger partial charge in [-0.05, 0) is 58.7 Å². The standard InChI is InChI=1S/C22H17BrN4O5/c1-2-29-16-7-11(5-13(23)20(16)28)17-12(8-24)21(25)32-22-18(17)19(26-27-22)10-3-4-14-15(6-10)31-9-30-14/h3-7,17,28H,2,9,25H2,1H3,(H,26,27)/t17-/m1/s1. The number of aromatic hydroxyl groups is 1. The summed E-state index contributed by atoms with van der Waals surface area (Å²) in [5.41, 5.74) is 9.02. The van der Waals surface area contributed by atoms with Gasteiger partial charge >= 0.3 is 0 Å². The van der Waals surface area contributed by atoms with Crippen LogP contribution in [0, 0.1) is 11.3 Å². The monoisotopic (exact) mass is 496 g/mol. The molecular formula is C22H17BrN4O5. The number of nitrogens with zero attached hydrogens (tertiary/aromatic N) is 2. The van der Waals surface area contributed by atoms with Crippen LogP contribution in [-0.2, 0) is 0 Å². The molecule has 0 bridgehead atoms. The van der Waals surface area contributed by atoms with Gasteiger partial charge in [0.25, 0.3) is 0 Å². The zero-order valence-electron chi connectivity index (χ0n) is 16.8. The van der Waals surface area contributed by atoms with Gasteiger partial charge in [0.1, 0.15) is 11.6 Å². The molecule has 3 heterocycles. The van der Waals surface area contributed by atoms with Gasteiger partial charge < -0.3 is 29.8 Å². The maximum atomic E-state index is 10.4. The molecule has 5 rings (SSSR count). The van der Waals surface area contributed by atoms with E-state index in [1.54, 1.807) is 12.1 Å². The second-order valence-electron chi connectivity index (χ2n) is 7.09. The predicted molar refractivity (Wildman–Crippen MR) is 116 cm³/mol. The molecule has 0 saturated heterocycles. The molecule has 2 aliphatic rings. The van der Waals surface area contributed by atoms with E-state index in [1.165, 1.54) is 0 Å². The summed E-state index contributed by atoms with van der Waals surface area (Å²) in [5, 5.41) is 27.6. The van der Waals surface area contributed by atoms with Crippen molar-refractivity contribution in [3.8, 4) is 46.2 Å². The molecule has 162 valence electrons. The van der Waals surface area contributed by atoms with Gasteiger partial charge in [-0.1, -0.05) is 0 Å². The highest BCUT2D eigenvalue weighted by atomic mass is 79.9. The summed E-state index contributed by atoms with van der Waals surface area (Å²) in [5.74, 6) is 1.15. The van der Waals surface area contributed by atoms with Crippen LogP contribution in [0.2, 0.25) is 0 Å². The Morgan fingerprint density at radius 2 is 2.12 bits per heavy atom.